The molecule has 214 valence electrons. The molecule has 1 aliphatic rings. The van der Waals surface area contributed by atoms with E-state index in [4.69, 9.17) is 16.6 Å². The van der Waals surface area contributed by atoms with Crippen molar-refractivity contribution in [2.24, 2.45) is 0 Å². The van der Waals surface area contributed by atoms with Gasteiger partial charge in [-0.05, 0) is 82.5 Å². The van der Waals surface area contributed by atoms with Crippen molar-refractivity contribution in [2.45, 2.75) is 52.6 Å². The minimum atomic E-state index is -0.992. The first kappa shape index (κ1) is 28.5. The van der Waals surface area contributed by atoms with Gasteiger partial charge in [0.15, 0.2) is 0 Å². The number of nitrogens with zero attached hydrogens (tertiary/aromatic N) is 5. The van der Waals surface area contributed by atoms with E-state index in [-0.39, 0.29) is 28.1 Å². The number of carboxylic acid groups (broad SMARTS) is 1. The van der Waals surface area contributed by atoms with Crippen LogP contribution in [0, 0.1) is 19.7 Å². The molecule has 3 aromatic heterocycles. The van der Waals surface area contributed by atoms with E-state index in [0.29, 0.717) is 47.1 Å². The van der Waals surface area contributed by atoms with E-state index < -0.39 is 11.8 Å². The molecule has 41 heavy (non-hydrogen) atoms. The summed E-state index contributed by atoms with van der Waals surface area (Å²) in [7, 11) is 1.92. The fourth-order valence-electron chi connectivity index (χ4n) is 5.53. The first-order chi connectivity index (χ1) is 19.3. The van der Waals surface area contributed by atoms with Gasteiger partial charge in [0.25, 0.3) is 5.91 Å². The Labute approximate surface area is 243 Å². The van der Waals surface area contributed by atoms with E-state index in [9.17, 15) is 19.1 Å². The van der Waals surface area contributed by atoms with Crippen LogP contribution in [-0.4, -0.2) is 62.6 Å². The summed E-state index contributed by atoms with van der Waals surface area (Å²) in [5.41, 5.74) is 3.48. The number of aryl methyl sites for hydroxylation is 2. The third-order valence-corrected chi connectivity index (χ3v) is 8.09. The van der Waals surface area contributed by atoms with Crippen molar-refractivity contribution in [3.05, 3.63) is 75.9 Å². The number of carbonyl (C=O) groups excluding carboxylic acids is 1. The Morgan fingerprint density at radius 2 is 1.85 bits per heavy atom. The standard InChI is InChI=1S/C31H33ClFN5O3/c1-17-13-26(34-18(2)27(17)30(40)41)36(6)20-11-12-37(15-20)29(39)25-10-8-21-22(19-7-9-23(32)24(33)14-19)16-38(28(21)35-25)31(3,4)5/h7-10,13-14,16,20H,11-12,15H2,1-6H3,(H,40,41)/t20-/m0/s1. The number of aromatic nitrogens is 3. The van der Waals surface area contributed by atoms with Gasteiger partial charge in [-0.2, -0.15) is 0 Å². The Balaban J connectivity index is 1.42. The Bertz CT molecular complexity index is 1670. The SMILES string of the molecule is Cc1cc(N(C)[C@H]2CCN(C(=O)c3ccc4c(-c5ccc(Cl)c(F)c5)cn(C(C)(C)C)c4n3)C2)nc(C)c1C(=O)O. The number of benzene rings is 1. The Kier molecular flexibility index (Phi) is 7.27. The second-order valence-electron chi connectivity index (χ2n) is 11.6. The van der Waals surface area contributed by atoms with Gasteiger partial charge in [0.05, 0.1) is 16.3 Å². The van der Waals surface area contributed by atoms with Gasteiger partial charge in [-0.25, -0.2) is 19.2 Å². The lowest BCUT2D eigenvalue weighted by Crippen LogP contribution is -2.37. The molecule has 1 atom stereocenters. The summed E-state index contributed by atoms with van der Waals surface area (Å²) in [5, 5.41) is 10.4. The number of aromatic carboxylic acids is 1. The van der Waals surface area contributed by atoms with Crippen molar-refractivity contribution in [1.82, 2.24) is 19.4 Å². The second kappa shape index (κ2) is 10.4. The van der Waals surface area contributed by atoms with E-state index in [0.717, 1.165) is 17.4 Å². The van der Waals surface area contributed by atoms with Crippen LogP contribution in [0.15, 0.2) is 42.6 Å². The lowest BCUT2D eigenvalue weighted by atomic mass is 10.1. The summed E-state index contributed by atoms with van der Waals surface area (Å²) in [4.78, 5) is 38.3. The number of likely N-dealkylation sites (tertiary alicyclic amines) is 1. The van der Waals surface area contributed by atoms with Crippen molar-refractivity contribution in [1.29, 1.82) is 0 Å². The topological polar surface area (TPSA) is 91.6 Å². The molecule has 0 aliphatic carbocycles. The van der Waals surface area contributed by atoms with Crippen molar-refractivity contribution in [2.75, 3.05) is 25.0 Å². The molecule has 4 aromatic rings. The normalized spacial score (nSPS) is 15.5. The predicted molar refractivity (Wildman–Crippen MR) is 159 cm³/mol. The highest BCUT2D eigenvalue weighted by atomic mass is 35.5. The highest BCUT2D eigenvalue weighted by Gasteiger charge is 2.32. The predicted octanol–water partition coefficient (Wildman–Crippen LogP) is 6.31. The smallest absolute Gasteiger partial charge is 0.337 e. The molecule has 5 rings (SSSR count). The van der Waals surface area contributed by atoms with Gasteiger partial charge in [0.1, 0.15) is 23.0 Å². The molecular formula is C31H33ClFN5O3. The maximum absolute atomic E-state index is 14.3. The number of amides is 1. The number of fused-ring (bicyclic) bond motifs is 1. The van der Waals surface area contributed by atoms with E-state index in [2.05, 4.69) is 25.8 Å². The summed E-state index contributed by atoms with van der Waals surface area (Å²) in [5.74, 6) is -0.968. The zero-order valence-corrected chi connectivity index (χ0v) is 24.8. The number of halogens is 2. The lowest BCUT2D eigenvalue weighted by Gasteiger charge is -2.27. The van der Waals surface area contributed by atoms with Gasteiger partial charge in [-0.1, -0.05) is 17.7 Å². The highest BCUT2D eigenvalue weighted by molar-refractivity contribution is 6.30. The summed E-state index contributed by atoms with van der Waals surface area (Å²) in [6.45, 7) is 10.7. The number of carboxylic acids is 1. The number of anilines is 1. The molecule has 1 saturated heterocycles. The number of carbonyl (C=O) groups is 2. The molecule has 0 spiro atoms. The molecule has 1 N–H and O–H groups in total. The van der Waals surface area contributed by atoms with Crippen molar-refractivity contribution in [3.8, 4) is 11.1 Å². The third-order valence-electron chi connectivity index (χ3n) is 7.78. The number of hydrogen-bond donors (Lipinski definition) is 1. The molecule has 0 bridgehead atoms. The van der Waals surface area contributed by atoms with Crippen molar-refractivity contribution >= 4 is 40.3 Å². The number of hydrogen-bond acceptors (Lipinski definition) is 5. The number of rotatable bonds is 5. The molecule has 0 radical (unpaired) electrons. The van der Waals surface area contributed by atoms with Gasteiger partial charge >= 0.3 is 5.97 Å². The molecule has 1 fully saturated rings. The fraction of sp³-hybridized carbons (Fsp3) is 0.355. The minimum absolute atomic E-state index is 0.0227. The number of likely N-dealkylation sites (N-methyl/N-ethyl adjacent to an activating group) is 1. The summed E-state index contributed by atoms with van der Waals surface area (Å²) < 4.78 is 16.3. The minimum Gasteiger partial charge on any atom is -0.478 e. The van der Waals surface area contributed by atoms with Gasteiger partial charge in [-0.15, -0.1) is 0 Å². The Hall–Kier alpha value is -3.98. The van der Waals surface area contributed by atoms with Crippen LogP contribution in [-0.2, 0) is 5.54 Å². The molecular weight excluding hydrogens is 545 g/mol. The molecule has 4 heterocycles. The molecule has 8 nitrogen and oxygen atoms in total. The van der Waals surface area contributed by atoms with E-state index in [1.165, 1.54) is 12.1 Å². The summed E-state index contributed by atoms with van der Waals surface area (Å²) in [6, 6.07) is 10.1. The fourth-order valence-corrected chi connectivity index (χ4v) is 5.65. The molecule has 1 aromatic carbocycles. The van der Waals surface area contributed by atoms with Crippen molar-refractivity contribution < 1.29 is 19.1 Å². The average molecular weight is 578 g/mol. The monoisotopic (exact) mass is 577 g/mol. The maximum Gasteiger partial charge on any atom is 0.337 e. The van der Waals surface area contributed by atoms with Gasteiger partial charge in [0, 0.05) is 48.9 Å². The molecule has 1 aliphatic heterocycles. The van der Waals surface area contributed by atoms with Crippen molar-refractivity contribution in [3.63, 3.8) is 0 Å². The van der Waals surface area contributed by atoms with Gasteiger partial charge < -0.3 is 19.5 Å². The number of pyridine rings is 2. The van der Waals surface area contributed by atoms with Crippen LogP contribution in [0.3, 0.4) is 0 Å². The molecule has 0 unspecified atom stereocenters. The van der Waals surface area contributed by atoms with Crippen LogP contribution in [0.1, 0.15) is 59.3 Å². The summed E-state index contributed by atoms with van der Waals surface area (Å²) in [6.07, 6.45) is 2.69. The van der Waals surface area contributed by atoms with Crippen LogP contribution in [0.5, 0.6) is 0 Å². The van der Waals surface area contributed by atoms with Crippen LogP contribution in [0.25, 0.3) is 22.2 Å². The van der Waals surface area contributed by atoms with Crippen LogP contribution in [0.4, 0.5) is 10.2 Å². The van der Waals surface area contributed by atoms with Gasteiger partial charge in [-0.3, -0.25) is 4.79 Å². The quantitative estimate of drug-likeness (QED) is 0.299. The Morgan fingerprint density at radius 1 is 1.12 bits per heavy atom. The van der Waals surface area contributed by atoms with E-state index >= 15 is 0 Å². The van der Waals surface area contributed by atoms with Crippen LogP contribution >= 0.6 is 11.6 Å². The lowest BCUT2D eigenvalue weighted by molar-refractivity contribution is 0.0694. The molecule has 1 amide bonds. The van der Waals surface area contributed by atoms with Gasteiger partial charge in [0.2, 0.25) is 0 Å². The zero-order valence-electron chi connectivity index (χ0n) is 24.0. The molecule has 10 heteroatoms. The second-order valence-corrected chi connectivity index (χ2v) is 12.1. The largest absolute Gasteiger partial charge is 0.478 e. The highest BCUT2D eigenvalue weighted by Crippen LogP contribution is 2.35. The third kappa shape index (κ3) is 5.26. The first-order valence-corrected chi connectivity index (χ1v) is 13.9. The maximum atomic E-state index is 14.3. The zero-order chi connectivity index (χ0) is 29.8. The molecule has 0 saturated carbocycles. The Morgan fingerprint density at radius 3 is 2.49 bits per heavy atom. The van der Waals surface area contributed by atoms with E-state index in [1.54, 1.807) is 36.9 Å². The van der Waals surface area contributed by atoms with E-state index in [1.807, 2.05) is 28.8 Å². The van der Waals surface area contributed by atoms with Crippen LogP contribution < -0.4 is 4.90 Å². The first-order valence-electron chi connectivity index (χ1n) is 13.5. The average Bonchev–Trinajstić information content (AvgIpc) is 3.54. The summed E-state index contributed by atoms with van der Waals surface area (Å²) >= 11 is 5.92. The van der Waals surface area contributed by atoms with Crippen LogP contribution in [0.2, 0.25) is 5.02 Å².